The van der Waals surface area contributed by atoms with Gasteiger partial charge in [0.25, 0.3) is 5.82 Å². The second kappa shape index (κ2) is 8.27. The van der Waals surface area contributed by atoms with Crippen LogP contribution in [0.1, 0.15) is 43.1 Å². The smallest absolute Gasteiger partial charge is 0.355 e. The first-order valence-corrected chi connectivity index (χ1v) is 10.9. The average molecular weight is 462 g/mol. The van der Waals surface area contributed by atoms with Crippen molar-refractivity contribution < 1.29 is 22.4 Å². The van der Waals surface area contributed by atoms with Gasteiger partial charge in [0.2, 0.25) is 5.91 Å². The van der Waals surface area contributed by atoms with E-state index in [1.54, 1.807) is 18.2 Å². The zero-order chi connectivity index (χ0) is 23.2. The maximum absolute atomic E-state index is 13.3. The molecule has 7 nitrogen and oxygen atoms in total. The van der Waals surface area contributed by atoms with Gasteiger partial charge in [-0.05, 0) is 55.5 Å². The number of hydrogen-bond donors (Lipinski definition) is 0. The van der Waals surface area contributed by atoms with Gasteiger partial charge < -0.3 is 9.80 Å². The molecule has 0 bridgehead atoms. The molecule has 33 heavy (non-hydrogen) atoms. The molecule has 0 aliphatic carbocycles. The summed E-state index contributed by atoms with van der Waals surface area (Å²) in [7, 11) is 0. The second-order valence-corrected chi connectivity index (χ2v) is 8.49. The van der Waals surface area contributed by atoms with Gasteiger partial charge in [0.15, 0.2) is 5.65 Å². The van der Waals surface area contributed by atoms with Crippen molar-refractivity contribution in [2.45, 2.75) is 37.9 Å². The minimum Gasteiger partial charge on any atom is -0.355 e. The van der Waals surface area contributed by atoms with Crippen LogP contribution >= 0.6 is 0 Å². The van der Waals surface area contributed by atoms with Crippen molar-refractivity contribution in [2.24, 2.45) is 5.92 Å². The van der Waals surface area contributed by atoms with Crippen molar-refractivity contribution in [1.29, 1.82) is 0 Å². The van der Waals surface area contributed by atoms with Crippen molar-refractivity contribution in [3.05, 3.63) is 53.6 Å². The fraction of sp³-hybridized carbons (Fsp3) is 0.455. The van der Waals surface area contributed by atoms with Crippen LogP contribution in [-0.2, 0) is 11.0 Å². The van der Waals surface area contributed by atoms with E-state index in [-0.39, 0.29) is 29.3 Å². The van der Waals surface area contributed by atoms with Gasteiger partial charge in [-0.2, -0.15) is 17.7 Å². The molecule has 2 aliphatic heterocycles. The average Bonchev–Trinajstić information content (AvgIpc) is 3.46. The molecule has 0 spiro atoms. The third-order valence-electron chi connectivity index (χ3n) is 6.46. The Hall–Kier alpha value is -3.24. The third kappa shape index (κ3) is 4.11. The van der Waals surface area contributed by atoms with Gasteiger partial charge in [0.1, 0.15) is 11.6 Å². The number of amides is 1. The SMILES string of the molecule is O=C(C1CCN(c2ccc3nnc(C(F)(F)F)n3n2)CC1)N1CCCC1c1ccc(F)cc1. The molecule has 0 N–H and O–H groups in total. The Balaban J connectivity index is 1.27. The lowest BCUT2D eigenvalue weighted by molar-refractivity contribution is -0.146. The van der Waals surface area contributed by atoms with Gasteiger partial charge in [0.05, 0.1) is 6.04 Å². The number of carbonyl (C=O) groups is 1. The Kier molecular flexibility index (Phi) is 5.41. The molecule has 4 heterocycles. The van der Waals surface area contributed by atoms with Crippen LogP contribution in [0.4, 0.5) is 23.4 Å². The number of anilines is 1. The zero-order valence-corrected chi connectivity index (χ0v) is 17.7. The highest BCUT2D eigenvalue weighted by atomic mass is 19.4. The van der Waals surface area contributed by atoms with Crippen molar-refractivity contribution in [2.75, 3.05) is 24.5 Å². The summed E-state index contributed by atoms with van der Waals surface area (Å²) in [6, 6.07) is 9.33. The molecule has 2 saturated heterocycles. The lowest BCUT2D eigenvalue weighted by Gasteiger charge is -2.35. The normalized spacial score (nSPS) is 20.1. The number of halogens is 4. The van der Waals surface area contributed by atoms with Gasteiger partial charge in [-0.3, -0.25) is 4.79 Å². The monoisotopic (exact) mass is 462 g/mol. The molecule has 1 aromatic carbocycles. The second-order valence-electron chi connectivity index (χ2n) is 8.49. The number of piperidine rings is 1. The first-order chi connectivity index (χ1) is 15.8. The Bertz CT molecular complexity index is 1150. The fourth-order valence-corrected chi connectivity index (χ4v) is 4.78. The quantitative estimate of drug-likeness (QED) is 0.553. The van der Waals surface area contributed by atoms with E-state index in [2.05, 4.69) is 15.3 Å². The van der Waals surface area contributed by atoms with E-state index < -0.39 is 12.0 Å². The van der Waals surface area contributed by atoms with E-state index in [4.69, 9.17) is 0 Å². The topological polar surface area (TPSA) is 66.6 Å². The number of aromatic nitrogens is 4. The minimum atomic E-state index is -4.65. The summed E-state index contributed by atoms with van der Waals surface area (Å²) < 4.78 is 53.5. The van der Waals surface area contributed by atoms with Gasteiger partial charge >= 0.3 is 6.18 Å². The van der Waals surface area contributed by atoms with Crippen LogP contribution < -0.4 is 4.90 Å². The van der Waals surface area contributed by atoms with Crippen molar-refractivity contribution in [3.8, 4) is 0 Å². The lowest BCUT2D eigenvalue weighted by atomic mass is 9.94. The summed E-state index contributed by atoms with van der Waals surface area (Å²) in [6.07, 6.45) is -1.74. The molecular weight excluding hydrogens is 440 g/mol. The number of likely N-dealkylation sites (tertiary alicyclic amines) is 1. The minimum absolute atomic E-state index is 0.0250. The molecule has 11 heteroatoms. The van der Waals surface area contributed by atoms with Gasteiger partial charge in [-0.1, -0.05) is 12.1 Å². The van der Waals surface area contributed by atoms with Crippen LogP contribution in [0.3, 0.4) is 0 Å². The number of hydrogen-bond acceptors (Lipinski definition) is 5. The van der Waals surface area contributed by atoms with E-state index in [0.717, 1.165) is 18.4 Å². The Labute approximate surface area is 187 Å². The lowest BCUT2D eigenvalue weighted by Crippen LogP contribution is -2.42. The van der Waals surface area contributed by atoms with Crippen LogP contribution in [0.5, 0.6) is 0 Å². The Morgan fingerprint density at radius 1 is 0.939 bits per heavy atom. The largest absolute Gasteiger partial charge is 0.453 e. The van der Waals surface area contributed by atoms with Crippen molar-refractivity contribution in [1.82, 2.24) is 24.7 Å². The summed E-state index contributed by atoms with van der Waals surface area (Å²) >= 11 is 0. The first kappa shape index (κ1) is 21.6. The molecule has 1 unspecified atom stereocenters. The number of benzene rings is 1. The van der Waals surface area contributed by atoms with Gasteiger partial charge in [-0.15, -0.1) is 15.3 Å². The molecule has 0 radical (unpaired) electrons. The molecule has 3 aromatic rings. The van der Waals surface area contributed by atoms with Crippen LogP contribution in [0.15, 0.2) is 36.4 Å². The highest BCUT2D eigenvalue weighted by Gasteiger charge is 2.38. The van der Waals surface area contributed by atoms with Crippen molar-refractivity contribution in [3.63, 3.8) is 0 Å². The van der Waals surface area contributed by atoms with E-state index >= 15 is 0 Å². The van der Waals surface area contributed by atoms with Crippen LogP contribution in [0.25, 0.3) is 5.65 Å². The van der Waals surface area contributed by atoms with E-state index in [9.17, 15) is 22.4 Å². The molecule has 0 saturated carbocycles. The maximum atomic E-state index is 13.3. The highest BCUT2D eigenvalue weighted by Crippen LogP contribution is 2.35. The molecule has 1 amide bonds. The van der Waals surface area contributed by atoms with Crippen molar-refractivity contribution >= 4 is 17.4 Å². The summed E-state index contributed by atoms with van der Waals surface area (Å²) in [5, 5.41) is 10.8. The molecule has 2 aromatic heterocycles. The molecule has 5 rings (SSSR count). The summed E-state index contributed by atoms with van der Waals surface area (Å²) in [5.74, 6) is -1.15. The Morgan fingerprint density at radius 2 is 1.67 bits per heavy atom. The summed E-state index contributed by atoms with van der Waals surface area (Å²) in [5.41, 5.74) is 0.962. The number of carbonyl (C=O) groups excluding carboxylic acids is 1. The van der Waals surface area contributed by atoms with Crippen LogP contribution in [0.2, 0.25) is 0 Å². The molecule has 174 valence electrons. The van der Waals surface area contributed by atoms with E-state index in [1.165, 1.54) is 18.2 Å². The number of rotatable bonds is 3. The van der Waals surface area contributed by atoms with Gasteiger partial charge in [0, 0.05) is 25.6 Å². The molecule has 2 fully saturated rings. The summed E-state index contributed by atoms with van der Waals surface area (Å²) in [6.45, 7) is 1.69. The highest BCUT2D eigenvalue weighted by molar-refractivity contribution is 5.80. The number of fused-ring (bicyclic) bond motifs is 1. The molecular formula is C22H22F4N6O. The van der Waals surface area contributed by atoms with Crippen LogP contribution in [0, 0.1) is 11.7 Å². The van der Waals surface area contributed by atoms with E-state index in [0.29, 0.717) is 42.8 Å². The molecule has 2 aliphatic rings. The predicted molar refractivity (Wildman–Crippen MR) is 111 cm³/mol. The fourth-order valence-electron chi connectivity index (χ4n) is 4.78. The van der Waals surface area contributed by atoms with Crippen LogP contribution in [-0.4, -0.2) is 50.3 Å². The number of nitrogens with zero attached hydrogens (tertiary/aromatic N) is 6. The zero-order valence-electron chi connectivity index (χ0n) is 17.7. The number of alkyl halides is 3. The molecule has 1 atom stereocenters. The van der Waals surface area contributed by atoms with Gasteiger partial charge in [-0.25, -0.2) is 4.39 Å². The first-order valence-electron chi connectivity index (χ1n) is 10.9. The third-order valence-corrected chi connectivity index (χ3v) is 6.46. The predicted octanol–water partition coefficient (Wildman–Crippen LogP) is 3.86. The standard InChI is InChI=1S/C22H22F4N6O/c23-16-5-3-14(4-6-16)17-2-1-11-31(17)20(33)15-9-12-30(13-10-15)19-8-7-18-27-28-21(22(24,25)26)32(18)29-19/h3-8,15,17H,1-2,9-13H2. The van der Waals surface area contributed by atoms with E-state index in [1.807, 2.05) is 9.80 Å². The Morgan fingerprint density at radius 3 is 2.36 bits per heavy atom. The summed E-state index contributed by atoms with van der Waals surface area (Å²) in [4.78, 5) is 17.0. The maximum Gasteiger partial charge on any atom is 0.453 e.